The van der Waals surface area contributed by atoms with Gasteiger partial charge in [-0.05, 0) is 17.5 Å². The smallest absolute Gasteiger partial charge is 0.281 e. The summed E-state index contributed by atoms with van der Waals surface area (Å²) in [5.74, 6) is 1.14. The molecule has 2 aromatic rings. The third kappa shape index (κ3) is 2.53. The Labute approximate surface area is 99.9 Å². The molecule has 1 N–H and O–H groups in total. The first-order valence-electron chi connectivity index (χ1n) is 5.46. The molecule has 0 radical (unpaired) electrons. The predicted molar refractivity (Wildman–Crippen MR) is 64.3 cm³/mol. The Morgan fingerprint density at radius 3 is 2.65 bits per heavy atom. The molecule has 0 saturated carbocycles. The van der Waals surface area contributed by atoms with Crippen molar-refractivity contribution >= 4 is 0 Å². The molecule has 0 aliphatic rings. The Morgan fingerprint density at radius 1 is 1.18 bits per heavy atom. The second-order valence-corrected chi connectivity index (χ2v) is 4.02. The highest BCUT2D eigenvalue weighted by molar-refractivity contribution is 5.40. The van der Waals surface area contributed by atoms with Crippen LogP contribution in [0.4, 0.5) is 0 Å². The van der Waals surface area contributed by atoms with E-state index in [1.54, 1.807) is 0 Å². The van der Waals surface area contributed by atoms with Crippen molar-refractivity contribution in [1.29, 1.82) is 0 Å². The highest BCUT2D eigenvalue weighted by Crippen LogP contribution is 2.32. The fraction of sp³-hybridized carbons (Fsp3) is 0.231. The van der Waals surface area contributed by atoms with Crippen molar-refractivity contribution in [2.75, 3.05) is 0 Å². The first-order chi connectivity index (χ1) is 8.18. The van der Waals surface area contributed by atoms with Crippen molar-refractivity contribution in [3.05, 3.63) is 42.1 Å². The Balaban J connectivity index is 2.34. The van der Waals surface area contributed by atoms with Gasteiger partial charge in [0.25, 0.3) is 5.88 Å². The van der Waals surface area contributed by atoms with Crippen LogP contribution in [0, 0.1) is 0 Å². The lowest BCUT2D eigenvalue weighted by molar-refractivity contribution is 0.388. The lowest BCUT2D eigenvalue weighted by atomic mass is 10.0. The van der Waals surface area contributed by atoms with Crippen LogP contribution in [-0.2, 0) is 0 Å². The van der Waals surface area contributed by atoms with Gasteiger partial charge in [0.05, 0.1) is 6.20 Å². The SMILES string of the molecule is CC(C)c1ccccc1Oc1nnccc1O. The number of aromatic hydroxyl groups is 1. The van der Waals surface area contributed by atoms with E-state index in [1.165, 1.54) is 12.3 Å². The number of hydrogen-bond donors (Lipinski definition) is 1. The normalized spacial score (nSPS) is 10.5. The first kappa shape index (κ1) is 11.4. The number of benzene rings is 1. The summed E-state index contributed by atoms with van der Waals surface area (Å²) in [5, 5.41) is 17.0. The lowest BCUT2D eigenvalue weighted by Crippen LogP contribution is -1.95. The van der Waals surface area contributed by atoms with Gasteiger partial charge in [0.2, 0.25) is 0 Å². The zero-order valence-electron chi connectivity index (χ0n) is 9.79. The highest BCUT2D eigenvalue weighted by Gasteiger charge is 2.10. The maximum atomic E-state index is 9.57. The van der Waals surface area contributed by atoms with E-state index in [1.807, 2.05) is 24.3 Å². The molecule has 0 fully saturated rings. The van der Waals surface area contributed by atoms with Crippen molar-refractivity contribution in [2.45, 2.75) is 19.8 Å². The molecular weight excluding hydrogens is 216 g/mol. The van der Waals surface area contributed by atoms with Crippen LogP contribution in [0.15, 0.2) is 36.5 Å². The summed E-state index contributed by atoms with van der Waals surface area (Å²) >= 11 is 0. The largest absolute Gasteiger partial charge is 0.503 e. The van der Waals surface area contributed by atoms with Gasteiger partial charge < -0.3 is 9.84 Å². The van der Waals surface area contributed by atoms with Crippen LogP contribution in [0.25, 0.3) is 0 Å². The molecule has 0 amide bonds. The van der Waals surface area contributed by atoms with Crippen LogP contribution >= 0.6 is 0 Å². The summed E-state index contributed by atoms with van der Waals surface area (Å²) in [5.41, 5.74) is 1.07. The molecule has 0 aliphatic heterocycles. The molecular formula is C13H14N2O2. The summed E-state index contributed by atoms with van der Waals surface area (Å²) in [6.07, 6.45) is 1.41. The van der Waals surface area contributed by atoms with Crippen LogP contribution in [0.3, 0.4) is 0 Å². The molecule has 0 atom stereocenters. The van der Waals surface area contributed by atoms with Crippen LogP contribution in [0.2, 0.25) is 0 Å². The van der Waals surface area contributed by atoms with Crippen molar-refractivity contribution < 1.29 is 9.84 Å². The third-order valence-corrected chi connectivity index (χ3v) is 2.41. The van der Waals surface area contributed by atoms with E-state index < -0.39 is 0 Å². The Kier molecular flexibility index (Phi) is 3.23. The Morgan fingerprint density at radius 2 is 1.94 bits per heavy atom. The Bertz CT molecular complexity index is 512. The summed E-state index contributed by atoms with van der Waals surface area (Å²) < 4.78 is 5.58. The van der Waals surface area contributed by atoms with Crippen molar-refractivity contribution in [1.82, 2.24) is 10.2 Å². The van der Waals surface area contributed by atoms with Gasteiger partial charge in [0.15, 0.2) is 5.75 Å². The minimum absolute atomic E-state index is 0.0152. The van der Waals surface area contributed by atoms with E-state index in [9.17, 15) is 5.11 Å². The number of ether oxygens (including phenoxy) is 1. The standard InChI is InChI=1S/C13H14N2O2/c1-9(2)10-5-3-4-6-12(10)17-13-11(16)7-8-14-15-13/h3-9H,1-2H3,(H,14,16). The van der Waals surface area contributed by atoms with E-state index in [0.717, 1.165) is 5.56 Å². The molecule has 1 aromatic heterocycles. The van der Waals surface area contributed by atoms with Crippen molar-refractivity contribution in [3.8, 4) is 17.4 Å². The zero-order valence-corrected chi connectivity index (χ0v) is 9.79. The average molecular weight is 230 g/mol. The van der Waals surface area contributed by atoms with E-state index in [4.69, 9.17) is 4.74 Å². The van der Waals surface area contributed by atoms with Gasteiger partial charge in [-0.1, -0.05) is 32.0 Å². The van der Waals surface area contributed by atoms with Gasteiger partial charge in [-0.3, -0.25) is 0 Å². The van der Waals surface area contributed by atoms with Crippen LogP contribution in [0.5, 0.6) is 17.4 Å². The van der Waals surface area contributed by atoms with Gasteiger partial charge >= 0.3 is 0 Å². The minimum atomic E-state index is -0.0152. The second-order valence-electron chi connectivity index (χ2n) is 4.02. The van der Waals surface area contributed by atoms with Crippen LogP contribution in [0.1, 0.15) is 25.3 Å². The molecule has 1 aromatic carbocycles. The molecule has 0 bridgehead atoms. The number of nitrogens with zero attached hydrogens (tertiary/aromatic N) is 2. The molecule has 0 unspecified atom stereocenters. The molecule has 4 nitrogen and oxygen atoms in total. The lowest BCUT2D eigenvalue weighted by Gasteiger charge is -2.12. The van der Waals surface area contributed by atoms with Gasteiger partial charge in [-0.15, -0.1) is 5.10 Å². The van der Waals surface area contributed by atoms with E-state index in [-0.39, 0.29) is 11.6 Å². The third-order valence-electron chi connectivity index (χ3n) is 2.41. The molecule has 0 spiro atoms. The topological polar surface area (TPSA) is 55.2 Å². The van der Waals surface area contributed by atoms with Gasteiger partial charge in [0.1, 0.15) is 5.75 Å². The van der Waals surface area contributed by atoms with E-state index in [0.29, 0.717) is 11.7 Å². The fourth-order valence-corrected chi connectivity index (χ4v) is 1.54. The maximum Gasteiger partial charge on any atom is 0.281 e. The second kappa shape index (κ2) is 4.82. The van der Waals surface area contributed by atoms with Crippen LogP contribution < -0.4 is 4.74 Å². The minimum Gasteiger partial charge on any atom is -0.503 e. The van der Waals surface area contributed by atoms with Crippen molar-refractivity contribution in [2.24, 2.45) is 0 Å². The average Bonchev–Trinajstić information content (AvgIpc) is 2.32. The predicted octanol–water partition coefficient (Wildman–Crippen LogP) is 3.10. The molecule has 4 heteroatoms. The number of hydrogen-bond acceptors (Lipinski definition) is 4. The first-order valence-corrected chi connectivity index (χ1v) is 5.46. The summed E-state index contributed by atoms with van der Waals surface area (Å²) in [6.45, 7) is 4.16. The number of rotatable bonds is 3. The molecule has 1 heterocycles. The molecule has 17 heavy (non-hydrogen) atoms. The van der Waals surface area contributed by atoms with Crippen molar-refractivity contribution in [3.63, 3.8) is 0 Å². The maximum absolute atomic E-state index is 9.57. The molecule has 2 rings (SSSR count). The summed E-state index contributed by atoms with van der Waals surface area (Å²) in [7, 11) is 0. The summed E-state index contributed by atoms with van der Waals surface area (Å²) in [4.78, 5) is 0. The Hall–Kier alpha value is -2.10. The monoisotopic (exact) mass is 230 g/mol. The number of para-hydroxylation sites is 1. The summed E-state index contributed by atoms with van der Waals surface area (Å²) in [6, 6.07) is 9.13. The highest BCUT2D eigenvalue weighted by atomic mass is 16.5. The molecule has 0 aliphatic carbocycles. The fourth-order valence-electron chi connectivity index (χ4n) is 1.54. The zero-order chi connectivity index (χ0) is 12.3. The van der Waals surface area contributed by atoms with E-state index >= 15 is 0 Å². The van der Waals surface area contributed by atoms with Gasteiger partial charge in [-0.25, -0.2) is 0 Å². The molecule has 88 valence electrons. The van der Waals surface area contributed by atoms with Gasteiger partial charge in [-0.2, -0.15) is 5.10 Å². The quantitative estimate of drug-likeness (QED) is 0.880. The molecule has 0 saturated heterocycles. The van der Waals surface area contributed by atoms with Crippen LogP contribution in [-0.4, -0.2) is 15.3 Å². The number of aromatic nitrogens is 2. The van der Waals surface area contributed by atoms with Gasteiger partial charge in [0, 0.05) is 6.07 Å². The van der Waals surface area contributed by atoms with E-state index in [2.05, 4.69) is 24.0 Å².